The summed E-state index contributed by atoms with van der Waals surface area (Å²) in [6.07, 6.45) is -3.74. The Morgan fingerprint density at radius 2 is 1.55 bits per heavy atom. The number of halogens is 3. The van der Waals surface area contributed by atoms with Gasteiger partial charge in [0.1, 0.15) is 5.75 Å². The molecule has 0 saturated carbocycles. The number of anilines is 1. The van der Waals surface area contributed by atoms with Gasteiger partial charge >= 0.3 is 6.36 Å². The molecule has 0 aliphatic heterocycles. The first-order valence-electron chi connectivity index (χ1n) is 9.28. The molecular weight excluding hydrogens is 461 g/mol. The van der Waals surface area contributed by atoms with E-state index in [1.807, 2.05) is 0 Å². The minimum absolute atomic E-state index is 0.148. The van der Waals surface area contributed by atoms with Crippen LogP contribution < -0.4 is 14.9 Å². The monoisotopic (exact) mass is 478 g/mol. The van der Waals surface area contributed by atoms with Crippen LogP contribution in [0, 0.1) is 0 Å². The summed E-state index contributed by atoms with van der Waals surface area (Å²) in [5.74, 6) is -1.33. The summed E-state index contributed by atoms with van der Waals surface area (Å²) >= 11 is 0. The number of hydrogen-bond donors (Lipinski definition) is 3. The Morgan fingerprint density at radius 3 is 2.15 bits per heavy atom. The number of amides is 1. The molecule has 3 aromatic rings. The third-order valence-corrected chi connectivity index (χ3v) is 5.66. The van der Waals surface area contributed by atoms with Gasteiger partial charge in [-0.1, -0.05) is 42.5 Å². The first-order chi connectivity index (χ1) is 15.6. The van der Waals surface area contributed by atoms with Crippen molar-refractivity contribution in [2.45, 2.75) is 11.3 Å². The van der Waals surface area contributed by atoms with E-state index >= 15 is 0 Å². The second-order valence-corrected chi connectivity index (χ2v) is 8.29. The molecule has 0 heterocycles. The Balaban J connectivity index is 1.89. The Bertz CT molecular complexity index is 1260. The molecule has 7 nitrogen and oxygen atoms in total. The highest BCUT2D eigenvalue weighted by Crippen LogP contribution is 2.28. The van der Waals surface area contributed by atoms with E-state index in [1.165, 1.54) is 17.6 Å². The van der Waals surface area contributed by atoms with E-state index in [4.69, 9.17) is 5.21 Å². The van der Waals surface area contributed by atoms with Gasteiger partial charge in [0.05, 0.1) is 4.90 Å². The fourth-order valence-electron chi connectivity index (χ4n) is 2.90. The third kappa shape index (κ3) is 6.57. The summed E-state index contributed by atoms with van der Waals surface area (Å²) in [5.41, 5.74) is 3.19. The Labute approximate surface area is 187 Å². The van der Waals surface area contributed by atoms with Crippen LogP contribution in [-0.4, -0.2) is 25.9 Å². The number of hydrogen-bond acceptors (Lipinski definition) is 5. The maximum atomic E-state index is 12.7. The normalized spacial score (nSPS) is 12.2. The zero-order chi connectivity index (χ0) is 24.1. The molecule has 33 heavy (non-hydrogen) atoms. The van der Waals surface area contributed by atoms with Gasteiger partial charge in [-0.3, -0.25) is 14.7 Å². The SMILES string of the molecule is O=C(C=C(c1ccccc1)c1cccc(NS(=O)(=O)c2ccc(OC(F)(F)F)cc2)c1)NO. The van der Waals surface area contributed by atoms with E-state index in [0.29, 0.717) is 16.7 Å². The molecule has 0 aromatic heterocycles. The Morgan fingerprint density at radius 1 is 0.909 bits per heavy atom. The van der Waals surface area contributed by atoms with Crippen molar-refractivity contribution in [3.8, 4) is 5.75 Å². The molecule has 0 atom stereocenters. The van der Waals surface area contributed by atoms with Crippen molar-refractivity contribution in [1.29, 1.82) is 0 Å². The van der Waals surface area contributed by atoms with E-state index in [9.17, 15) is 26.4 Å². The molecule has 3 rings (SSSR count). The van der Waals surface area contributed by atoms with Gasteiger partial charge in [0, 0.05) is 11.8 Å². The highest BCUT2D eigenvalue weighted by Gasteiger charge is 2.31. The number of carbonyl (C=O) groups is 1. The van der Waals surface area contributed by atoms with Crippen molar-refractivity contribution in [3.05, 3.63) is 96.1 Å². The van der Waals surface area contributed by atoms with Gasteiger partial charge in [0.25, 0.3) is 15.9 Å². The Hall–Kier alpha value is -3.83. The van der Waals surface area contributed by atoms with Crippen molar-refractivity contribution in [3.63, 3.8) is 0 Å². The summed E-state index contributed by atoms with van der Waals surface area (Å²) in [6, 6.07) is 18.6. The average Bonchev–Trinajstić information content (AvgIpc) is 2.77. The minimum atomic E-state index is -4.89. The van der Waals surface area contributed by atoms with Crippen LogP contribution in [0.2, 0.25) is 0 Å². The van der Waals surface area contributed by atoms with Gasteiger partial charge in [-0.2, -0.15) is 0 Å². The maximum Gasteiger partial charge on any atom is 0.573 e. The summed E-state index contributed by atoms with van der Waals surface area (Å²) in [7, 11) is -4.13. The zero-order valence-electron chi connectivity index (χ0n) is 16.7. The molecule has 0 spiro atoms. The Kier molecular flexibility index (Phi) is 7.04. The highest BCUT2D eigenvalue weighted by molar-refractivity contribution is 7.92. The maximum absolute atomic E-state index is 12.7. The number of carbonyl (C=O) groups excluding carboxylic acids is 1. The fraction of sp³-hybridized carbons (Fsp3) is 0.0455. The smallest absolute Gasteiger partial charge is 0.406 e. The summed E-state index contributed by atoms with van der Waals surface area (Å²) in [4.78, 5) is 11.5. The standard InChI is InChI=1S/C22H17F3N2O5S/c23-22(24,25)32-18-9-11-19(12-10-18)33(30,31)27-17-8-4-7-16(13-17)20(14-21(28)26-29)15-5-2-1-3-6-15/h1-14,27,29H,(H,26,28). The van der Waals surface area contributed by atoms with E-state index in [0.717, 1.165) is 30.3 Å². The first-order valence-corrected chi connectivity index (χ1v) is 10.8. The van der Waals surface area contributed by atoms with Crippen LogP contribution in [0.4, 0.5) is 18.9 Å². The van der Waals surface area contributed by atoms with Gasteiger partial charge in [0.15, 0.2) is 0 Å². The number of sulfonamides is 1. The van der Waals surface area contributed by atoms with E-state index < -0.39 is 28.0 Å². The van der Waals surface area contributed by atoms with Crippen molar-refractivity contribution < 1.29 is 36.3 Å². The van der Waals surface area contributed by atoms with Crippen molar-refractivity contribution >= 4 is 27.2 Å². The molecule has 172 valence electrons. The second kappa shape index (κ2) is 9.76. The molecule has 3 N–H and O–H groups in total. The molecule has 11 heteroatoms. The lowest BCUT2D eigenvalue weighted by atomic mass is 9.97. The lowest BCUT2D eigenvalue weighted by Gasteiger charge is -2.13. The summed E-state index contributed by atoms with van der Waals surface area (Å²) < 4.78 is 68.3. The molecule has 0 bridgehead atoms. The van der Waals surface area contributed by atoms with Gasteiger partial charge in [-0.15, -0.1) is 13.2 Å². The van der Waals surface area contributed by atoms with Crippen LogP contribution in [-0.2, 0) is 14.8 Å². The largest absolute Gasteiger partial charge is 0.573 e. The van der Waals surface area contributed by atoms with Gasteiger partial charge in [0.2, 0.25) is 0 Å². The van der Waals surface area contributed by atoms with E-state index in [2.05, 4.69) is 9.46 Å². The third-order valence-electron chi connectivity index (χ3n) is 4.26. The zero-order valence-corrected chi connectivity index (χ0v) is 17.5. The molecule has 1 amide bonds. The second-order valence-electron chi connectivity index (χ2n) is 6.61. The van der Waals surface area contributed by atoms with Gasteiger partial charge in [-0.05, 0) is 53.1 Å². The van der Waals surface area contributed by atoms with Crippen molar-refractivity contribution in [2.24, 2.45) is 0 Å². The van der Waals surface area contributed by atoms with Crippen molar-refractivity contribution in [1.82, 2.24) is 5.48 Å². The van der Waals surface area contributed by atoms with Crippen LogP contribution in [0.25, 0.3) is 5.57 Å². The van der Waals surface area contributed by atoms with Crippen molar-refractivity contribution in [2.75, 3.05) is 4.72 Å². The predicted molar refractivity (Wildman–Crippen MR) is 114 cm³/mol. The quantitative estimate of drug-likeness (QED) is 0.267. The van der Waals surface area contributed by atoms with Crippen LogP contribution in [0.15, 0.2) is 89.8 Å². The molecular formula is C22H17F3N2O5S. The van der Waals surface area contributed by atoms with Crippen LogP contribution in [0.3, 0.4) is 0 Å². The average molecular weight is 478 g/mol. The predicted octanol–water partition coefficient (Wildman–Crippen LogP) is 4.32. The number of alkyl halides is 3. The molecule has 0 radical (unpaired) electrons. The molecule has 0 aliphatic carbocycles. The van der Waals surface area contributed by atoms with Crippen LogP contribution in [0.1, 0.15) is 11.1 Å². The summed E-state index contributed by atoms with van der Waals surface area (Å²) in [6.45, 7) is 0. The molecule has 0 unspecified atom stereocenters. The summed E-state index contributed by atoms with van der Waals surface area (Å²) in [5, 5.41) is 8.89. The number of hydroxylamine groups is 1. The number of ether oxygens (including phenoxy) is 1. The fourth-order valence-corrected chi connectivity index (χ4v) is 3.95. The first kappa shape index (κ1) is 23.8. The lowest BCUT2D eigenvalue weighted by molar-refractivity contribution is -0.274. The molecule has 0 aliphatic rings. The lowest BCUT2D eigenvalue weighted by Crippen LogP contribution is -2.17. The van der Waals surface area contributed by atoms with Crippen LogP contribution in [0.5, 0.6) is 5.75 Å². The molecule has 0 fully saturated rings. The number of benzene rings is 3. The van der Waals surface area contributed by atoms with Gasteiger partial charge < -0.3 is 4.74 Å². The minimum Gasteiger partial charge on any atom is -0.406 e. The highest BCUT2D eigenvalue weighted by atomic mass is 32.2. The topological polar surface area (TPSA) is 105 Å². The van der Waals surface area contributed by atoms with Gasteiger partial charge in [-0.25, -0.2) is 13.9 Å². The van der Waals surface area contributed by atoms with E-state index in [1.54, 1.807) is 42.5 Å². The molecule has 0 saturated heterocycles. The van der Waals surface area contributed by atoms with E-state index in [-0.39, 0.29) is 10.6 Å². The molecule has 3 aromatic carbocycles. The van der Waals surface area contributed by atoms with Crippen LogP contribution >= 0.6 is 0 Å². The number of nitrogens with one attached hydrogen (secondary N) is 2. The number of rotatable bonds is 7.